The van der Waals surface area contributed by atoms with Gasteiger partial charge in [-0.2, -0.15) is 0 Å². The minimum atomic E-state index is -0.894. The smallest absolute Gasteiger partial charge is 0.255 e. The van der Waals surface area contributed by atoms with Crippen LogP contribution in [0.5, 0.6) is 5.75 Å². The van der Waals surface area contributed by atoms with Gasteiger partial charge in [-0.3, -0.25) is 24.1 Å². The number of ether oxygens (including phenoxy) is 1. The van der Waals surface area contributed by atoms with Crippen molar-refractivity contribution in [2.75, 3.05) is 32.8 Å². The number of para-hydroxylation sites is 1. The summed E-state index contributed by atoms with van der Waals surface area (Å²) in [4.78, 5) is 57.2. The summed E-state index contributed by atoms with van der Waals surface area (Å²) in [6.45, 7) is 9.22. The van der Waals surface area contributed by atoms with Gasteiger partial charge in [0, 0.05) is 25.6 Å². The molecule has 3 N–H and O–H groups in total. The molecule has 2 fully saturated rings. The molecule has 4 rings (SSSR count). The molecular weight excluding hydrogens is 498 g/mol. The molecule has 0 spiro atoms. The van der Waals surface area contributed by atoms with Gasteiger partial charge < -0.3 is 25.6 Å². The van der Waals surface area contributed by atoms with E-state index in [1.165, 1.54) is 0 Å². The molecule has 3 aliphatic heterocycles. The lowest BCUT2D eigenvalue weighted by molar-refractivity contribution is -0.139. The number of carbonyl (C=O) groups excluding carboxylic acids is 4. The molecule has 4 atom stereocenters. The summed E-state index contributed by atoms with van der Waals surface area (Å²) < 4.78 is 6.06. The molecule has 0 aromatic heterocycles. The number of fused-ring (bicyclic) bond motifs is 2. The van der Waals surface area contributed by atoms with Crippen LogP contribution in [0.3, 0.4) is 0 Å². The molecule has 2 saturated heterocycles. The van der Waals surface area contributed by atoms with Crippen LogP contribution in [0.25, 0.3) is 0 Å². The first-order valence-electron chi connectivity index (χ1n) is 14.4. The Kier molecular flexibility index (Phi) is 9.83. The second-order valence-corrected chi connectivity index (χ2v) is 11.1. The van der Waals surface area contributed by atoms with E-state index >= 15 is 0 Å². The molecule has 0 unspecified atom stereocenters. The summed E-state index contributed by atoms with van der Waals surface area (Å²) >= 11 is 0. The van der Waals surface area contributed by atoms with Gasteiger partial charge in [0.15, 0.2) is 0 Å². The average Bonchev–Trinajstić information content (AvgIpc) is 3.60. The molecule has 0 radical (unpaired) electrons. The fourth-order valence-electron chi connectivity index (χ4n) is 5.78. The average molecular weight is 542 g/mol. The first-order valence-corrected chi connectivity index (χ1v) is 14.4. The number of carbonyl (C=O) groups is 4. The van der Waals surface area contributed by atoms with E-state index in [0.717, 1.165) is 32.4 Å². The van der Waals surface area contributed by atoms with Crippen LogP contribution in [0.4, 0.5) is 0 Å². The fourth-order valence-corrected chi connectivity index (χ4v) is 5.78. The zero-order chi connectivity index (χ0) is 27.9. The van der Waals surface area contributed by atoms with E-state index in [1.54, 1.807) is 29.2 Å². The molecule has 10 heteroatoms. The molecule has 3 aliphatic rings. The van der Waals surface area contributed by atoms with Crippen LogP contribution in [-0.2, 0) is 14.4 Å². The normalized spacial score (nSPS) is 27.1. The first-order chi connectivity index (χ1) is 18.8. The Hall–Kier alpha value is -3.14. The van der Waals surface area contributed by atoms with E-state index in [0.29, 0.717) is 30.8 Å². The number of nitrogens with zero attached hydrogens (tertiary/aromatic N) is 2. The van der Waals surface area contributed by atoms with Crippen molar-refractivity contribution in [2.24, 2.45) is 5.92 Å². The van der Waals surface area contributed by atoms with Gasteiger partial charge in [0.1, 0.15) is 24.4 Å². The number of likely N-dealkylation sites (N-methyl/N-ethyl adjacent to an activating group) is 1. The van der Waals surface area contributed by atoms with Crippen LogP contribution in [0.15, 0.2) is 24.3 Å². The Labute approximate surface area is 231 Å². The van der Waals surface area contributed by atoms with E-state index in [9.17, 15) is 19.2 Å². The maximum atomic E-state index is 13.4. The highest BCUT2D eigenvalue weighted by Crippen LogP contribution is 2.23. The van der Waals surface area contributed by atoms with Crippen molar-refractivity contribution < 1.29 is 23.9 Å². The van der Waals surface area contributed by atoms with E-state index < -0.39 is 18.0 Å². The van der Waals surface area contributed by atoms with Crippen molar-refractivity contribution in [2.45, 2.75) is 83.5 Å². The van der Waals surface area contributed by atoms with Crippen molar-refractivity contribution in [3.8, 4) is 5.75 Å². The van der Waals surface area contributed by atoms with Gasteiger partial charge >= 0.3 is 0 Å². The number of hydrogen-bond acceptors (Lipinski definition) is 6. The van der Waals surface area contributed by atoms with Crippen molar-refractivity contribution in [3.63, 3.8) is 0 Å². The molecule has 0 bridgehead atoms. The molecule has 39 heavy (non-hydrogen) atoms. The summed E-state index contributed by atoms with van der Waals surface area (Å²) in [5.41, 5.74) is 0.305. The third-order valence-electron chi connectivity index (χ3n) is 8.24. The molecular formula is C29H43N5O5. The Morgan fingerprint density at radius 2 is 1.85 bits per heavy atom. The second kappa shape index (κ2) is 13.3. The summed E-state index contributed by atoms with van der Waals surface area (Å²) in [6, 6.07) is 5.42. The monoisotopic (exact) mass is 541 g/mol. The van der Waals surface area contributed by atoms with Crippen LogP contribution in [0, 0.1) is 5.92 Å². The highest BCUT2D eigenvalue weighted by Gasteiger charge is 2.36. The van der Waals surface area contributed by atoms with Crippen LogP contribution in [-0.4, -0.2) is 90.4 Å². The molecule has 10 nitrogen and oxygen atoms in total. The zero-order valence-corrected chi connectivity index (χ0v) is 23.4. The fraction of sp³-hybridized carbons (Fsp3) is 0.655. The lowest BCUT2D eigenvalue weighted by Gasteiger charge is -2.28. The third kappa shape index (κ3) is 7.09. The predicted octanol–water partition coefficient (Wildman–Crippen LogP) is 1.69. The molecule has 0 aliphatic carbocycles. The summed E-state index contributed by atoms with van der Waals surface area (Å²) in [6.07, 6.45) is 3.66. The molecule has 1 aromatic carbocycles. The van der Waals surface area contributed by atoms with Gasteiger partial charge in [-0.15, -0.1) is 0 Å². The molecule has 4 amide bonds. The van der Waals surface area contributed by atoms with Gasteiger partial charge in [0.05, 0.1) is 11.6 Å². The summed E-state index contributed by atoms with van der Waals surface area (Å²) in [7, 11) is 0. The summed E-state index contributed by atoms with van der Waals surface area (Å²) in [5, 5.41) is 8.96. The number of amides is 4. The minimum Gasteiger partial charge on any atom is -0.491 e. The number of rotatable bonds is 5. The number of hydrogen-bond donors (Lipinski definition) is 3. The van der Waals surface area contributed by atoms with Gasteiger partial charge in [-0.05, 0) is 63.2 Å². The van der Waals surface area contributed by atoms with E-state index in [2.05, 4.69) is 27.8 Å². The third-order valence-corrected chi connectivity index (χ3v) is 8.24. The van der Waals surface area contributed by atoms with Gasteiger partial charge in [-0.25, -0.2) is 0 Å². The molecule has 1 aromatic rings. The summed E-state index contributed by atoms with van der Waals surface area (Å²) in [5.74, 6) is -0.655. The maximum Gasteiger partial charge on any atom is 0.255 e. The first kappa shape index (κ1) is 28.9. The molecule has 214 valence electrons. The van der Waals surface area contributed by atoms with Crippen LogP contribution < -0.4 is 20.7 Å². The molecule has 3 heterocycles. The van der Waals surface area contributed by atoms with Gasteiger partial charge in [0.25, 0.3) is 5.91 Å². The van der Waals surface area contributed by atoms with Crippen molar-refractivity contribution >= 4 is 23.6 Å². The lowest BCUT2D eigenvalue weighted by Crippen LogP contribution is -2.52. The standard InChI is InChI=1S/C29H43N5O5/c1-4-33-15-7-9-20(33)17-30-28(37)22-13-14-26(35)34-16-8-11-24(34)29(38)32-23(19(2)3)18-39-25-12-6-5-10-21(25)27(36)31-22/h5-6,10,12,19-20,22-24H,4,7-9,11,13-18H2,1-3H3,(H,30,37)(H,31,36)(H,32,38)/t20-,22-,23+,24+/m0/s1. The van der Waals surface area contributed by atoms with Gasteiger partial charge in [-0.1, -0.05) is 32.9 Å². The minimum absolute atomic E-state index is 0.0540. The largest absolute Gasteiger partial charge is 0.491 e. The zero-order valence-electron chi connectivity index (χ0n) is 23.4. The van der Waals surface area contributed by atoms with E-state index in [1.807, 2.05) is 13.8 Å². The maximum absolute atomic E-state index is 13.4. The lowest BCUT2D eigenvalue weighted by atomic mass is 10.0. The Morgan fingerprint density at radius 1 is 1.08 bits per heavy atom. The number of nitrogens with one attached hydrogen (secondary N) is 3. The second-order valence-electron chi connectivity index (χ2n) is 11.1. The van der Waals surface area contributed by atoms with Crippen molar-refractivity contribution in [3.05, 3.63) is 29.8 Å². The van der Waals surface area contributed by atoms with Crippen molar-refractivity contribution in [1.29, 1.82) is 0 Å². The SMILES string of the molecule is CCN1CCC[C@H]1CNC(=O)[C@@H]1CCC(=O)N2CCC[C@@H]2C(=O)N[C@@H](C(C)C)COc2ccccc2C(=O)N1. The number of benzene rings is 1. The van der Waals surface area contributed by atoms with Gasteiger partial charge in [0.2, 0.25) is 17.7 Å². The molecule has 0 saturated carbocycles. The Bertz CT molecular complexity index is 1050. The van der Waals surface area contributed by atoms with E-state index in [-0.39, 0.29) is 55.2 Å². The quantitative estimate of drug-likeness (QED) is 0.522. The highest BCUT2D eigenvalue weighted by molar-refractivity contribution is 5.99. The highest BCUT2D eigenvalue weighted by atomic mass is 16.5. The van der Waals surface area contributed by atoms with Crippen LogP contribution in [0.2, 0.25) is 0 Å². The Balaban J connectivity index is 1.57. The van der Waals surface area contributed by atoms with Crippen LogP contribution >= 0.6 is 0 Å². The topological polar surface area (TPSA) is 120 Å². The Morgan fingerprint density at radius 3 is 2.62 bits per heavy atom. The number of likely N-dealkylation sites (tertiary alicyclic amines) is 1. The van der Waals surface area contributed by atoms with Crippen LogP contribution in [0.1, 0.15) is 69.7 Å². The predicted molar refractivity (Wildman–Crippen MR) is 147 cm³/mol. The van der Waals surface area contributed by atoms with Crippen molar-refractivity contribution in [1.82, 2.24) is 25.8 Å². The van der Waals surface area contributed by atoms with E-state index in [4.69, 9.17) is 4.74 Å².